The van der Waals surface area contributed by atoms with Crippen LogP contribution < -0.4 is 23.8 Å². The number of nitrogens with zero attached hydrogens (tertiary/aromatic N) is 1. The summed E-state index contributed by atoms with van der Waals surface area (Å²) < 4.78 is 43.6. The molecule has 0 aliphatic rings. The summed E-state index contributed by atoms with van der Waals surface area (Å²) >= 11 is 0. The number of rotatable bonds is 9. The molecule has 0 heterocycles. The Labute approximate surface area is 193 Å². The largest absolute Gasteiger partial charge is 0.497 e. The van der Waals surface area contributed by atoms with Crippen LogP contribution in [0.25, 0.3) is 0 Å². The van der Waals surface area contributed by atoms with Gasteiger partial charge in [-0.25, -0.2) is 8.42 Å². The van der Waals surface area contributed by atoms with Crippen molar-refractivity contribution >= 4 is 27.3 Å². The lowest BCUT2D eigenvalue weighted by molar-refractivity contribution is -0.114. The molecule has 0 bridgehead atoms. The predicted molar refractivity (Wildman–Crippen MR) is 127 cm³/mol. The number of methoxy groups -OCH3 is 3. The lowest BCUT2D eigenvalue weighted by atomic mass is 10.2. The lowest BCUT2D eigenvalue weighted by Crippen LogP contribution is -2.38. The summed E-state index contributed by atoms with van der Waals surface area (Å²) in [5.74, 6) is 0.970. The summed E-state index contributed by atoms with van der Waals surface area (Å²) in [6.07, 6.45) is 0. The van der Waals surface area contributed by atoms with E-state index in [-0.39, 0.29) is 4.90 Å². The molecule has 174 valence electrons. The van der Waals surface area contributed by atoms with Gasteiger partial charge in [-0.2, -0.15) is 0 Å². The highest BCUT2D eigenvalue weighted by atomic mass is 32.2. The summed E-state index contributed by atoms with van der Waals surface area (Å²) in [5, 5.41) is 2.72. The van der Waals surface area contributed by atoms with Crippen LogP contribution in [0.5, 0.6) is 17.2 Å². The molecule has 9 heteroatoms. The van der Waals surface area contributed by atoms with Crippen molar-refractivity contribution < 1.29 is 27.4 Å². The third kappa shape index (κ3) is 5.56. The Morgan fingerprint density at radius 1 is 0.848 bits per heavy atom. The van der Waals surface area contributed by atoms with E-state index in [0.29, 0.717) is 28.6 Å². The number of hydrogen-bond donors (Lipinski definition) is 1. The Hall–Kier alpha value is -3.72. The molecular formula is C24H26N2O6S. The normalized spacial score (nSPS) is 10.9. The van der Waals surface area contributed by atoms with E-state index in [4.69, 9.17) is 14.2 Å². The van der Waals surface area contributed by atoms with E-state index >= 15 is 0 Å². The summed E-state index contributed by atoms with van der Waals surface area (Å²) in [4.78, 5) is 12.9. The molecular weight excluding hydrogens is 444 g/mol. The molecule has 0 fully saturated rings. The molecule has 1 amide bonds. The van der Waals surface area contributed by atoms with Crippen LogP contribution in [-0.2, 0) is 14.8 Å². The second-order valence-electron chi connectivity index (χ2n) is 7.14. The van der Waals surface area contributed by atoms with E-state index < -0.39 is 22.5 Å². The second-order valence-corrected chi connectivity index (χ2v) is 9.00. The van der Waals surface area contributed by atoms with Crippen molar-refractivity contribution in [1.82, 2.24) is 0 Å². The maximum Gasteiger partial charge on any atom is 0.264 e. The van der Waals surface area contributed by atoms with Gasteiger partial charge in [0, 0.05) is 11.8 Å². The molecule has 0 saturated carbocycles. The molecule has 1 N–H and O–H groups in total. The molecule has 3 aromatic carbocycles. The van der Waals surface area contributed by atoms with Gasteiger partial charge in [-0.3, -0.25) is 9.10 Å². The van der Waals surface area contributed by atoms with Crippen molar-refractivity contribution in [2.75, 3.05) is 37.5 Å². The first-order valence-corrected chi connectivity index (χ1v) is 11.5. The first-order chi connectivity index (χ1) is 15.8. The molecule has 3 aromatic rings. The van der Waals surface area contributed by atoms with Gasteiger partial charge in [0.15, 0.2) is 11.5 Å². The maximum atomic E-state index is 13.5. The van der Waals surface area contributed by atoms with Gasteiger partial charge < -0.3 is 19.5 Å². The van der Waals surface area contributed by atoms with Crippen LogP contribution in [0.1, 0.15) is 5.56 Å². The van der Waals surface area contributed by atoms with Crippen molar-refractivity contribution in [2.24, 2.45) is 0 Å². The summed E-state index contributed by atoms with van der Waals surface area (Å²) in [6, 6.07) is 17.8. The number of aryl methyl sites for hydroxylation is 1. The van der Waals surface area contributed by atoms with Crippen LogP contribution in [0.2, 0.25) is 0 Å². The number of sulfonamides is 1. The van der Waals surface area contributed by atoms with Gasteiger partial charge in [0.25, 0.3) is 10.0 Å². The summed E-state index contributed by atoms with van der Waals surface area (Å²) in [6.45, 7) is 1.47. The Bertz CT molecular complexity index is 1210. The zero-order chi connectivity index (χ0) is 24.0. The van der Waals surface area contributed by atoms with Gasteiger partial charge in [0.05, 0.1) is 31.9 Å². The number of ether oxygens (including phenoxy) is 3. The molecule has 8 nitrogen and oxygen atoms in total. The predicted octanol–water partition coefficient (Wildman–Crippen LogP) is 3.85. The second kappa shape index (κ2) is 10.3. The third-order valence-corrected chi connectivity index (χ3v) is 6.71. The van der Waals surface area contributed by atoms with Gasteiger partial charge in [-0.05, 0) is 55.5 Å². The van der Waals surface area contributed by atoms with E-state index in [0.717, 1.165) is 9.87 Å². The van der Waals surface area contributed by atoms with Crippen LogP contribution in [0.15, 0.2) is 71.6 Å². The highest BCUT2D eigenvalue weighted by Crippen LogP contribution is 2.30. The van der Waals surface area contributed by atoms with Crippen molar-refractivity contribution in [3.05, 3.63) is 72.3 Å². The standard InChI is InChI=1S/C24H26N2O6S/c1-17-5-8-19(9-6-17)26(33(28,29)21-12-10-20(30-2)11-13-21)16-24(27)25-18-7-14-22(31-3)23(15-18)32-4/h5-15H,16H2,1-4H3,(H,25,27). The monoisotopic (exact) mass is 470 g/mol. The Morgan fingerprint density at radius 2 is 1.48 bits per heavy atom. The van der Waals surface area contributed by atoms with E-state index in [1.165, 1.54) is 33.5 Å². The quantitative estimate of drug-likeness (QED) is 0.511. The smallest absolute Gasteiger partial charge is 0.264 e. The first-order valence-electron chi connectivity index (χ1n) is 10.0. The number of nitrogens with one attached hydrogen (secondary N) is 1. The zero-order valence-electron chi connectivity index (χ0n) is 18.9. The van der Waals surface area contributed by atoms with Crippen LogP contribution in [0.4, 0.5) is 11.4 Å². The minimum absolute atomic E-state index is 0.0443. The Morgan fingerprint density at radius 3 is 2.06 bits per heavy atom. The average Bonchev–Trinajstić information content (AvgIpc) is 2.83. The van der Waals surface area contributed by atoms with Crippen LogP contribution in [-0.4, -0.2) is 42.2 Å². The van der Waals surface area contributed by atoms with Crippen LogP contribution in [0.3, 0.4) is 0 Å². The Balaban J connectivity index is 1.91. The molecule has 0 aliphatic carbocycles. The number of carbonyl (C=O) groups is 1. The minimum atomic E-state index is -4.03. The number of benzene rings is 3. The van der Waals surface area contributed by atoms with E-state index in [9.17, 15) is 13.2 Å². The SMILES string of the molecule is COc1ccc(S(=O)(=O)N(CC(=O)Nc2ccc(OC)c(OC)c2)c2ccc(C)cc2)cc1. The molecule has 0 saturated heterocycles. The average molecular weight is 471 g/mol. The molecule has 0 atom stereocenters. The lowest BCUT2D eigenvalue weighted by Gasteiger charge is -2.24. The van der Waals surface area contributed by atoms with E-state index in [1.54, 1.807) is 54.6 Å². The molecule has 0 radical (unpaired) electrons. The molecule has 3 rings (SSSR count). The van der Waals surface area contributed by atoms with Gasteiger partial charge in [0.2, 0.25) is 5.91 Å². The fourth-order valence-corrected chi connectivity index (χ4v) is 4.57. The molecule has 0 aromatic heterocycles. The Kier molecular flexibility index (Phi) is 7.44. The maximum absolute atomic E-state index is 13.5. The highest BCUT2D eigenvalue weighted by Gasteiger charge is 2.27. The van der Waals surface area contributed by atoms with Crippen molar-refractivity contribution in [1.29, 1.82) is 0 Å². The summed E-state index contributed by atoms with van der Waals surface area (Å²) in [5.41, 5.74) is 1.79. The van der Waals surface area contributed by atoms with Gasteiger partial charge in [-0.15, -0.1) is 0 Å². The number of carbonyl (C=O) groups excluding carboxylic acids is 1. The van der Waals surface area contributed by atoms with Crippen LogP contribution in [0, 0.1) is 6.92 Å². The molecule has 0 spiro atoms. The number of amides is 1. The summed E-state index contributed by atoms with van der Waals surface area (Å²) in [7, 11) is 0.474. The van der Waals surface area contributed by atoms with E-state index in [2.05, 4.69) is 5.32 Å². The minimum Gasteiger partial charge on any atom is -0.497 e. The molecule has 0 unspecified atom stereocenters. The topological polar surface area (TPSA) is 94.2 Å². The zero-order valence-corrected chi connectivity index (χ0v) is 19.7. The van der Waals surface area contributed by atoms with Gasteiger partial charge >= 0.3 is 0 Å². The number of anilines is 2. The van der Waals surface area contributed by atoms with Crippen molar-refractivity contribution in [3.8, 4) is 17.2 Å². The van der Waals surface area contributed by atoms with Gasteiger partial charge in [-0.1, -0.05) is 17.7 Å². The van der Waals surface area contributed by atoms with E-state index in [1.807, 2.05) is 6.92 Å². The molecule has 0 aliphatic heterocycles. The van der Waals surface area contributed by atoms with Crippen molar-refractivity contribution in [2.45, 2.75) is 11.8 Å². The first kappa shape index (κ1) is 23.9. The molecule has 33 heavy (non-hydrogen) atoms. The van der Waals surface area contributed by atoms with Gasteiger partial charge in [0.1, 0.15) is 12.3 Å². The van der Waals surface area contributed by atoms with Crippen LogP contribution >= 0.6 is 0 Å². The number of hydrogen-bond acceptors (Lipinski definition) is 6. The fraction of sp³-hybridized carbons (Fsp3) is 0.208. The third-order valence-electron chi connectivity index (χ3n) is 4.92. The van der Waals surface area contributed by atoms with Crippen molar-refractivity contribution in [3.63, 3.8) is 0 Å². The fourth-order valence-electron chi connectivity index (χ4n) is 3.15. The highest BCUT2D eigenvalue weighted by molar-refractivity contribution is 7.92.